The average Bonchev–Trinajstić information content (AvgIpc) is 3.10. The van der Waals surface area contributed by atoms with Crippen LogP contribution in [0.4, 0.5) is 18.9 Å². The van der Waals surface area contributed by atoms with Gasteiger partial charge in [-0.05, 0) is 18.2 Å². The first-order valence-electron chi connectivity index (χ1n) is 6.83. The van der Waals surface area contributed by atoms with Gasteiger partial charge in [-0.15, -0.1) is 0 Å². The zero-order chi connectivity index (χ0) is 17.3. The summed E-state index contributed by atoms with van der Waals surface area (Å²) >= 11 is 0. The number of hydrogen-bond acceptors (Lipinski definition) is 5. The lowest BCUT2D eigenvalue weighted by molar-refractivity contribution is -0.139. The number of benzene rings is 1. The molecule has 0 radical (unpaired) electrons. The maximum Gasteiger partial charge on any atom is 0.406 e. The summed E-state index contributed by atoms with van der Waals surface area (Å²) < 4.78 is 44.8. The van der Waals surface area contributed by atoms with Crippen LogP contribution in [-0.2, 0) is 17.9 Å². The maximum atomic E-state index is 12.9. The molecular formula is C14H12F3N5O2. The third-order valence-electron chi connectivity index (χ3n) is 3.35. The number of aromatic nitrogens is 3. The van der Waals surface area contributed by atoms with Gasteiger partial charge in [0.25, 0.3) is 0 Å². The average molecular weight is 339 g/mol. The molecule has 0 aliphatic rings. The van der Waals surface area contributed by atoms with Crippen LogP contribution in [0.3, 0.4) is 0 Å². The Kier molecular flexibility index (Phi) is 3.87. The van der Waals surface area contributed by atoms with Crippen molar-refractivity contribution in [3.05, 3.63) is 30.2 Å². The Morgan fingerprint density at radius 3 is 2.88 bits per heavy atom. The van der Waals surface area contributed by atoms with E-state index in [1.807, 2.05) is 0 Å². The van der Waals surface area contributed by atoms with E-state index in [4.69, 9.17) is 10.3 Å². The van der Waals surface area contributed by atoms with Crippen molar-refractivity contribution in [2.24, 2.45) is 0 Å². The molecule has 2 aromatic heterocycles. The van der Waals surface area contributed by atoms with E-state index in [1.54, 1.807) is 12.1 Å². The molecule has 0 saturated heterocycles. The van der Waals surface area contributed by atoms with Crippen LogP contribution >= 0.6 is 0 Å². The van der Waals surface area contributed by atoms with Crippen molar-refractivity contribution in [3.8, 4) is 11.5 Å². The minimum Gasteiger partial charge on any atom is -0.398 e. The van der Waals surface area contributed by atoms with Crippen LogP contribution in [0.15, 0.2) is 28.8 Å². The largest absolute Gasteiger partial charge is 0.406 e. The van der Waals surface area contributed by atoms with E-state index in [-0.39, 0.29) is 24.0 Å². The molecule has 0 fully saturated rings. The van der Waals surface area contributed by atoms with E-state index in [9.17, 15) is 18.0 Å². The van der Waals surface area contributed by atoms with E-state index >= 15 is 0 Å². The lowest BCUT2D eigenvalue weighted by atomic mass is 10.2. The van der Waals surface area contributed by atoms with Crippen LogP contribution in [0, 0.1) is 0 Å². The normalized spacial score (nSPS) is 11.8. The van der Waals surface area contributed by atoms with Crippen LogP contribution in [0.5, 0.6) is 0 Å². The van der Waals surface area contributed by atoms with Crippen molar-refractivity contribution < 1.29 is 22.5 Å². The van der Waals surface area contributed by atoms with Gasteiger partial charge in [-0.1, -0.05) is 11.2 Å². The summed E-state index contributed by atoms with van der Waals surface area (Å²) in [4.78, 5) is 14.3. The highest BCUT2D eigenvalue weighted by Gasteiger charge is 2.31. The molecule has 0 spiro atoms. The van der Waals surface area contributed by atoms with Crippen molar-refractivity contribution in [2.75, 3.05) is 5.73 Å². The molecule has 3 rings (SSSR count). The fourth-order valence-electron chi connectivity index (χ4n) is 2.40. The summed E-state index contributed by atoms with van der Waals surface area (Å²) in [5.74, 6) is 0.0615. The molecule has 24 heavy (non-hydrogen) atoms. The third kappa shape index (κ3) is 3.03. The van der Waals surface area contributed by atoms with Crippen LogP contribution < -0.4 is 11.1 Å². The first-order valence-corrected chi connectivity index (χ1v) is 6.83. The zero-order valence-corrected chi connectivity index (χ0v) is 12.2. The summed E-state index contributed by atoms with van der Waals surface area (Å²) in [6.07, 6.45) is -3.98. The van der Waals surface area contributed by atoms with E-state index in [2.05, 4.69) is 15.5 Å². The molecule has 7 nitrogen and oxygen atoms in total. The second-order valence-corrected chi connectivity index (χ2v) is 5.02. The number of nitrogen functional groups attached to an aromatic ring is 1. The van der Waals surface area contributed by atoms with E-state index in [1.165, 1.54) is 12.1 Å². The van der Waals surface area contributed by atoms with Crippen molar-refractivity contribution in [3.63, 3.8) is 0 Å². The van der Waals surface area contributed by atoms with E-state index in [0.717, 1.165) is 4.57 Å². The highest BCUT2D eigenvalue weighted by atomic mass is 19.4. The SMILES string of the molecule is Nc1cccc2c1cc(-c1noc(CNC=O)n1)n2CC(F)(F)F. The van der Waals surface area contributed by atoms with Gasteiger partial charge >= 0.3 is 6.18 Å². The molecule has 0 aliphatic carbocycles. The smallest absolute Gasteiger partial charge is 0.398 e. The number of anilines is 1. The monoisotopic (exact) mass is 339 g/mol. The van der Waals surface area contributed by atoms with Gasteiger partial charge in [-0.2, -0.15) is 18.2 Å². The van der Waals surface area contributed by atoms with Gasteiger partial charge in [0.15, 0.2) is 0 Å². The lowest BCUT2D eigenvalue weighted by Gasteiger charge is -2.11. The number of rotatable bonds is 5. The molecular weight excluding hydrogens is 327 g/mol. The number of hydrogen-bond donors (Lipinski definition) is 2. The molecule has 10 heteroatoms. The van der Waals surface area contributed by atoms with Gasteiger partial charge in [0.2, 0.25) is 18.1 Å². The van der Waals surface area contributed by atoms with Crippen LogP contribution in [0.25, 0.3) is 22.4 Å². The van der Waals surface area contributed by atoms with Crippen molar-refractivity contribution in [2.45, 2.75) is 19.3 Å². The highest BCUT2D eigenvalue weighted by Crippen LogP contribution is 2.32. The molecule has 0 aliphatic heterocycles. The van der Waals surface area contributed by atoms with Crippen LogP contribution in [0.1, 0.15) is 5.89 Å². The molecule has 0 bridgehead atoms. The molecule has 1 aromatic carbocycles. The summed E-state index contributed by atoms with van der Waals surface area (Å²) in [7, 11) is 0. The predicted octanol–water partition coefficient (Wildman–Crippen LogP) is 2.08. The second-order valence-electron chi connectivity index (χ2n) is 5.02. The Morgan fingerprint density at radius 2 is 2.17 bits per heavy atom. The van der Waals surface area contributed by atoms with Gasteiger partial charge in [0, 0.05) is 11.1 Å². The van der Waals surface area contributed by atoms with Gasteiger partial charge in [-0.25, -0.2) is 0 Å². The van der Waals surface area contributed by atoms with Gasteiger partial charge in [0.05, 0.1) is 17.8 Å². The predicted molar refractivity (Wildman–Crippen MR) is 78.6 cm³/mol. The molecule has 3 N–H and O–H groups in total. The number of carbonyl (C=O) groups is 1. The number of nitrogens with two attached hydrogens (primary N) is 1. The van der Waals surface area contributed by atoms with Crippen LogP contribution in [-0.4, -0.2) is 27.3 Å². The molecule has 126 valence electrons. The Hall–Kier alpha value is -3.04. The minimum atomic E-state index is -4.43. The summed E-state index contributed by atoms with van der Waals surface area (Å²) in [6.45, 7) is -1.23. The van der Waals surface area contributed by atoms with Crippen molar-refractivity contribution >= 4 is 23.0 Å². The first kappa shape index (κ1) is 15.8. The van der Waals surface area contributed by atoms with Gasteiger partial charge in [0.1, 0.15) is 6.54 Å². The number of fused-ring (bicyclic) bond motifs is 1. The second kappa shape index (κ2) is 5.87. The topological polar surface area (TPSA) is 99.0 Å². The molecule has 0 atom stereocenters. The third-order valence-corrected chi connectivity index (χ3v) is 3.35. The lowest BCUT2D eigenvalue weighted by Crippen LogP contribution is -2.18. The zero-order valence-electron chi connectivity index (χ0n) is 12.2. The number of alkyl halides is 3. The van der Waals surface area contributed by atoms with Crippen LogP contribution in [0.2, 0.25) is 0 Å². The number of halogens is 3. The fraction of sp³-hybridized carbons (Fsp3) is 0.214. The quantitative estimate of drug-likeness (QED) is 0.548. The standard InChI is InChI=1S/C14H12F3N5O2/c15-14(16,17)6-22-10-3-1-2-9(18)8(10)4-11(22)13-20-12(24-21-13)5-19-7-23/h1-4,7H,5-6,18H2,(H,19,23). The minimum absolute atomic E-state index is 0.0157. The number of nitrogens with one attached hydrogen (secondary N) is 1. The first-order chi connectivity index (χ1) is 11.4. The molecule has 2 heterocycles. The molecule has 3 aromatic rings. The Labute approximate surface area is 133 Å². The maximum absolute atomic E-state index is 12.9. The highest BCUT2D eigenvalue weighted by molar-refractivity contribution is 5.95. The number of carbonyl (C=O) groups excluding carboxylic acids is 1. The van der Waals surface area contributed by atoms with Crippen molar-refractivity contribution in [1.29, 1.82) is 0 Å². The fourth-order valence-corrected chi connectivity index (χ4v) is 2.40. The Morgan fingerprint density at radius 1 is 1.38 bits per heavy atom. The Balaban J connectivity index is 2.12. The summed E-state index contributed by atoms with van der Waals surface area (Å²) in [6, 6.07) is 6.19. The van der Waals surface area contributed by atoms with Gasteiger partial charge < -0.3 is 20.1 Å². The number of nitrogens with zero attached hydrogens (tertiary/aromatic N) is 3. The Bertz CT molecular complexity index is 884. The summed E-state index contributed by atoms with van der Waals surface area (Å²) in [5.41, 5.74) is 6.64. The number of amides is 1. The van der Waals surface area contributed by atoms with E-state index < -0.39 is 12.7 Å². The molecule has 0 saturated carbocycles. The summed E-state index contributed by atoms with van der Waals surface area (Å²) in [5, 5.41) is 6.48. The van der Waals surface area contributed by atoms with Gasteiger partial charge in [-0.3, -0.25) is 4.79 Å². The molecule has 1 amide bonds. The molecule has 0 unspecified atom stereocenters. The van der Waals surface area contributed by atoms with Crippen molar-refractivity contribution in [1.82, 2.24) is 20.0 Å². The van der Waals surface area contributed by atoms with E-state index in [0.29, 0.717) is 23.0 Å².